The predicted octanol–water partition coefficient (Wildman–Crippen LogP) is 4.62. The van der Waals surface area contributed by atoms with Gasteiger partial charge in [0.2, 0.25) is 0 Å². The van der Waals surface area contributed by atoms with Crippen LogP contribution in [-0.2, 0) is 6.18 Å². The Balaban J connectivity index is 1.69. The van der Waals surface area contributed by atoms with Crippen LogP contribution in [0.3, 0.4) is 0 Å². The summed E-state index contributed by atoms with van der Waals surface area (Å²) < 4.78 is 52.1. The second-order valence-electron chi connectivity index (χ2n) is 5.96. The highest BCUT2D eigenvalue weighted by Crippen LogP contribution is 2.33. The predicted molar refractivity (Wildman–Crippen MR) is 96.5 cm³/mol. The van der Waals surface area contributed by atoms with Crippen LogP contribution in [0, 0.1) is 5.82 Å². The van der Waals surface area contributed by atoms with E-state index >= 15 is 0 Å². The normalized spacial score (nSPS) is 15.2. The van der Waals surface area contributed by atoms with Crippen molar-refractivity contribution in [3.05, 3.63) is 56.9 Å². The minimum Gasteiger partial charge on any atom is -0.352 e. The summed E-state index contributed by atoms with van der Waals surface area (Å²) in [6.45, 7) is 1.32. The van der Waals surface area contributed by atoms with Crippen molar-refractivity contribution >= 4 is 39.3 Å². The van der Waals surface area contributed by atoms with Gasteiger partial charge in [-0.3, -0.25) is 4.79 Å². The Morgan fingerprint density at radius 1 is 1.11 bits per heavy atom. The number of aromatic nitrogens is 1. The molecule has 2 heterocycles. The molecule has 0 bridgehead atoms. The fourth-order valence-corrected chi connectivity index (χ4v) is 3.55. The lowest BCUT2D eigenvalue weighted by Crippen LogP contribution is -2.49. The lowest BCUT2D eigenvalue weighted by molar-refractivity contribution is -0.137. The van der Waals surface area contributed by atoms with Gasteiger partial charge in [-0.1, -0.05) is 27.5 Å². The minimum atomic E-state index is -4.51. The van der Waals surface area contributed by atoms with Crippen molar-refractivity contribution in [1.29, 1.82) is 0 Å². The molecule has 0 saturated carbocycles. The van der Waals surface area contributed by atoms with Crippen LogP contribution >= 0.6 is 27.5 Å². The number of nitrogens with zero attached hydrogens (tertiary/aromatic N) is 3. The number of anilines is 1. The second-order valence-corrected chi connectivity index (χ2v) is 7.29. The molecule has 1 aromatic heterocycles. The van der Waals surface area contributed by atoms with E-state index in [1.165, 1.54) is 12.1 Å². The Hall–Kier alpha value is -1.87. The van der Waals surface area contributed by atoms with Crippen molar-refractivity contribution < 1.29 is 22.4 Å². The molecule has 144 valence electrons. The number of amides is 1. The summed E-state index contributed by atoms with van der Waals surface area (Å²) in [6.07, 6.45) is -3.78. The van der Waals surface area contributed by atoms with Crippen LogP contribution in [0.5, 0.6) is 0 Å². The fraction of sp³-hybridized carbons (Fsp3) is 0.294. The number of hydrogen-bond acceptors (Lipinski definition) is 3. The number of carbonyl (C=O) groups is 1. The second kappa shape index (κ2) is 7.63. The van der Waals surface area contributed by atoms with Crippen LogP contribution in [0.2, 0.25) is 5.02 Å². The lowest BCUT2D eigenvalue weighted by Gasteiger charge is -2.35. The summed E-state index contributed by atoms with van der Waals surface area (Å²) in [5.74, 6) is -0.598. The summed E-state index contributed by atoms with van der Waals surface area (Å²) in [6, 6.07) is 4.79. The third kappa shape index (κ3) is 4.52. The summed E-state index contributed by atoms with van der Waals surface area (Å²) in [5, 5.41) is -0.0985. The SMILES string of the molecule is O=C(c1cc(F)cc(Br)c1)N1CCN(c2ncc(C(F)(F)F)cc2Cl)CC1. The smallest absolute Gasteiger partial charge is 0.352 e. The van der Waals surface area contributed by atoms with Crippen molar-refractivity contribution in [1.82, 2.24) is 9.88 Å². The van der Waals surface area contributed by atoms with Gasteiger partial charge in [0.15, 0.2) is 0 Å². The van der Waals surface area contributed by atoms with Gasteiger partial charge >= 0.3 is 6.18 Å². The first-order valence-electron chi connectivity index (χ1n) is 7.88. The van der Waals surface area contributed by atoms with E-state index in [0.29, 0.717) is 30.7 Å². The van der Waals surface area contributed by atoms with Crippen LogP contribution in [0.25, 0.3) is 0 Å². The van der Waals surface area contributed by atoms with Gasteiger partial charge in [-0.05, 0) is 24.3 Å². The molecular formula is C17H13BrClF4N3O. The zero-order valence-electron chi connectivity index (χ0n) is 13.7. The van der Waals surface area contributed by atoms with Crippen molar-refractivity contribution in [3.63, 3.8) is 0 Å². The van der Waals surface area contributed by atoms with Crippen molar-refractivity contribution in [2.75, 3.05) is 31.1 Å². The first-order chi connectivity index (χ1) is 12.6. The molecule has 3 rings (SSSR count). The summed E-state index contributed by atoms with van der Waals surface area (Å²) in [5.41, 5.74) is -0.692. The highest BCUT2D eigenvalue weighted by atomic mass is 79.9. The van der Waals surface area contributed by atoms with Gasteiger partial charge < -0.3 is 9.80 Å². The van der Waals surface area contributed by atoms with Gasteiger partial charge in [-0.15, -0.1) is 0 Å². The third-order valence-corrected chi connectivity index (χ3v) is 4.86. The Kier molecular flexibility index (Phi) is 5.62. The average Bonchev–Trinajstić information content (AvgIpc) is 2.59. The molecule has 1 aliphatic rings. The first-order valence-corrected chi connectivity index (χ1v) is 9.05. The largest absolute Gasteiger partial charge is 0.417 e. The van der Waals surface area contributed by atoms with Crippen LogP contribution in [0.1, 0.15) is 15.9 Å². The van der Waals surface area contributed by atoms with Crippen LogP contribution in [-0.4, -0.2) is 42.0 Å². The van der Waals surface area contributed by atoms with Crippen molar-refractivity contribution in [3.8, 4) is 0 Å². The molecule has 27 heavy (non-hydrogen) atoms. The number of piperazine rings is 1. The van der Waals surface area contributed by atoms with E-state index < -0.39 is 17.6 Å². The Bertz CT molecular complexity index is 849. The molecule has 0 unspecified atom stereocenters. The fourth-order valence-electron chi connectivity index (χ4n) is 2.80. The molecule has 1 saturated heterocycles. The number of pyridine rings is 1. The van der Waals surface area contributed by atoms with E-state index in [1.54, 1.807) is 9.80 Å². The Labute approximate surface area is 165 Å². The average molecular weight is 467 g/mol. The van der Waals surface area contributed by atoms with Crippen molar-refractivity contribution in [2.24, 2.45) is 0 Å². The summed E-state index contributed by atoms with van der Waals surface area (Å²) >= 11 is 9.12. The van der Waals surface area contributed by atoms with Gasteiger partial charge in [0.05, 0.1) is 10.6 Å². The quantitative estimate of drug-likeness (QED) is 0.606. The van der Waals surface area contributed by atoms with Crippen LogP contribution in [0.4, 0.5) is 23.4 Å². The van der Waals surface area contributed by atoms with Gasteiger partial charge in [0.25, 0.3) is 5.91 Å². The third-order valence-electron chi connectivity index (χ3n) is 4.13. The minimum absolute atomic E-state index is 0.0985. The monoisotopic (exact) mass is 465 g/mol. The van der Waals surface area contributed by atoms with Crippen LogP contribution < -0.4 is 4.90 Å². The molecule has 10 heteroatoms. The highest BCUT2D eigenvalue weighted by molar-refractivity contribution is 9.10. The number of rotatable bonds is 2. The molecule has 0 aliphatic carbocycles. The topological polar surface area (TPSA) is 36.4 Å². The maximum Gasteiger partial charge on any atom is 0.417 e. The highest BCUT2D eigenvalue weighted by Gasteiger charge is 2.32. The standard InChI is InChI=1S/C17H13BrClF4N3O/c18-12-5-10(6-13(20)8-12)16(27)26-3-1-25(2-4-26)15-14(19)7-11(9-24-15)17(21,22)23/h5-9H,1-4H2. The zero-order valence-corrected chi connectivity index (χ0v) is 16.1. The van der Waals surface area contributed by atoms with Crippen LogP contribution in [0.15, 0.2) is 34.9 Å². The molecule has 0 atom stereocenters. The summed E-state index contributed by atoms with van der Waals surface area (Å²) in [7, 11) is 0. The van der Waals surface area contributed by atoms with Gasteiger partial charge in [0.1, 0.15) is 11.6 Å². The van der Waals surface area contributed by atoms with E-state index in [9.17, 15) is 22.4 Å². The molecule has 0 spiro atoms. The molecule has 1 amide bonds. The number of carbonyl (C=O) groups excluding carboxylic acids is 1. The number of halogens is 6. The van der Waals surface area contributed by atoms with E-state index in [-0.39, 0.29) is 22.3 Å². The van der Waals surface area contributed by atoms with Crippen molar-refractivity contribution in [2.45, 2.75) is 6.18 Å². The molecule has 2 aromatic rings. The maximum atomic E-state index is 13.5. The van der Waals surface area contributed by atoms with Gasteiger partial charge in [-0.2, -0.15) is 13.2 Å². The van der Waals surface area contributed by atoms with E-state index in [0.717, 1.165) is 18.3 Å². The van der Waals surface area contributed by atoms with E-state index in [2.05, 4.69) is 20.9 Å². The molecule has 0 N–H and O–H groups in total. The summed E-state index contributed by atoms with van der Waals surface area (Å²) in [4.78, 5) is 19.6. The molecular weight excluding hydrogens is 454 g/mol. The molecule has 0 radical (unpaired) electrons. The number of hydrogen-bond donors (Lipinski definition) is 0. The first kappa shape index (κ1) is 19.9. The molecule has 4 nitrogen and oxygen atoms in total. The zero-order chi connectivity index (χ0) is 19.8. The molecule has 1 aliphatic heterocycles. The Morgan fingerprint density at radius 2 is 1.78 bits per heavy atom. The lowest BCUT2D eigenvalue weighted by atomic mass is 10.1. The molecule has 1 aromatic carbocycles. The molecule has 1 fully saturated rings. The number of alkyl halides is 3. The van der Waals surface area contributed by atoms with E-state index in [4.69, 9.17) is 11.6 Å². The van der Waals surface area contributed by atoms with Gasteiger partial charge in [-0.25, -0.2) is 9.37 Å². The van der Waals surface area contributed by atoms with Gasteiger partial charge in [0, 0.05) is 42.4 Å². The maximum absolute atomic E-state index is 13.5. The Morgan fingerprint density at radius 3 is 2.33 bits per heavy atom. The number of benzene rings is 1. The van der Waals surface area contributed by atoms with E-state index in [1.807, 2.05) is 0 Å².